The van der Waals surface area contributed by atoms with Gasteiger partial charge in [-0.25, -0.2) is 4.79 Å². The van der Waals surface area contributed by atoms with Crippen LogP contribution in [-0.4, -0.2) is 42.6 Å². The summed E-state index contributed by atoms with van der Waals surface area (Å²) in [5.74, 6) is 0.0730. The van der Waals surface area contributed by atoms with Crippen molar-refractivity contribution in [3.05, 3.63) is 0 Å². The van der Waals surface area contributed by atoms with Crippen molar-refractivity contribution < 1.29 is 14.3 Å². The molecule has 2 heterocycles. The Kier molecular flexibility index (Phi) is 2.08. The number of hydrogen-bond acceptors (Lipinski definition) is 3. The van der Waals surface area contributed by atoms with E-state index in [1.54, 1.807) is 4.90 Å². The molecule has 1 N–H and O–H groups in total. The summed E-state index contributed by atoms with van der Waals surface area (Å²) in [5, 5.41) is 2.74. The van der Waals surface area contributed by atoms with Gasteiger partial charge in [0.1, 0.15) is 6.61 Å². The standard InChI is InChI=1S/C8H12N2O3/c11-7-2-1-6(5-9-7)10-3-4-13-8(10)12/h6H,1-5H2,(H,9,11). The first kappa shape index (κ1) is 8.34. The minimum Gasteiger partial charge on any atom is -0.448 e. The lowest BCUT2D eigenvalue weighted by atomic mass is 10.1. The van der Waals surface area contributed by atoms with E-state index in [0.717, 1.165) is 6.42 Å². The van der Waals surface area contributed by atoms with E-state index in [4.69, 9.17) is 4.74 Å². The number of hydrogen-bond donors (Lipinski definition) is 1. The van der Waals surface area contributed by atoms with Crippen molar-refractivity contribution in [3.8, 4) is 0 Å². The quantitative estimate of drug-likeness (QED) is 0.609. The summed E-state index contributed by atoms with van der Waals surface area (Å²) in [6, 6.07) is 0.132. The average molecular weight is 184 g/mol. The molecule has 0 aromatic heterocycles. The number of amides is 2. The van der Waals surface area contributed by atoms with Crippen LogP contribution < -0.4 is 5.32 Å². The van der Waals surface area contributed by atoms with Crippen molar-refractivity contribution in [2.45, 2.75) is 18.9 Å². The maximum Gasteiger partial charge on any atom is 0.410 e. The summed E-state index contributed by atoms with van der Waals surface area (Å²) in [7, 11) is 0. The van der Waals surface area contributed by atoms with Gasteiger partial charge in [-0.15, -0.1) is 0 Å². The first-order valence-corrected chi connectivity index (χ1v) is 4.47. The van der Waals surface area contributed by atoms with Crippen LogP contribution in [0.5, 0.6) is 0 Å². The summed E-state index contributed by atoms with van der Waals surface area (Å²) < 4.78 is 4.82. The van der Waals surface area contributed by atoms with Crippen molar-refractivity contribution in [3.63, 3.8) is 0 Å². The van der Waals surface area contributed by atoms with E-state index >= 15 is 0 Å². The maximum absolute atomic E-state index is 11.1. The SMILES string of the molecule is O=C1CCC(N2CCOC2=O)CN1. The molecule has 2 rings (SSSR count). The van der Waals surface area contributed by atoms with Gasteiger partial charge >= 0.3 is 6.09 Å². The zero-order valence-corrected chi connectivity index (χ0v) is 7.28. The molecule has 0 radical (unpaired) electrons. The number of nitrogens with zero attached hydrogens (tertiary/aromatic N) is 1. The normalized spacial score (nSPS) is 28.6. The van der Waals surface area contributed by atoms with Crippen LogP contribution in [0.4, 0.5) is 4.79 Å². The Morgan fingerprint density at radius 1 is 1.46 bits per heavy atom. The van der Waals surface area contributed by atoms with E-state index in [2.05, 4.69) is 5.32 Å². The van der Waals surface area contributed by atoms with Gasteiger partial charge in [-0.3, -0.25) is 4.79 Å². The maximum atomic E-state index is 11.1. The molecule has 1 unspecified atom stereocenters. The summed E-state index contributed by atoms with van der Waals surface area (Å²) in [5.41, 5.74) is 0. The second-order valence-corrected chi connectivity index (χ2v) is 3.30. The van der Waals surface area contributed by atoms with Crippen molar-refractivity contribution in [1.82, 2.24) is 10.2 Å². The molecule has 0 spiro atoms. The molecule has 1 atom stereocenters. The lowest BCUT2D eigenvalue weighted by molar-refractivity contribution is -0.123. The van der Waals surface area contributed by atoms with Crippen LogP contribution in [-0.2, 0) is 9.53 Å². The van der Waals surface area contributed by atoms with E-state index in [9.17, 15) is 9.59 Å². The highest BCUT2D eigenvalue weighted by molar-refractivity contribution is 5.77. The van der Waals surface area contributed by atoms with E-state index < -0.39 is 0 Å². The van der Waals surface area contributed by atoms with Gasteiger partial charge in [0.25, 0.3) is 0 Å². The van der Waals surface area contributed by atoms with Crippen molar-refractivity contribution in [2.24, 2.45) is 0 Å². The van der Waals surface area contributed by atoms with Crippen LogP contribution in [0.1, 0.15) is 12.8 Å². The van der Waals surface area contributed by atoms with Gasteiger partial charge in [-0.05, 0) is 6.42 Å². The third-order valence-electron chi connectivity index (χ3n) is 2.47. The number of nitrogens with one attached hydrogen (secondary N) is 1. The molecule has 5 nitrogen and oxygen atoms in total. The van der Waals surface area contributed by atoms with Gasteiger partial charge in [-0.1, -0.05) is 0 Å². The molecule has 2 amide bonds. The van der Waals surface area contributed by atoms with Gasteiger partial charge in [-0.2, -0.15) is 0 Å². The molecule has 2 aliphatic rings. The van der Waals surface area contributed by atoms with Gasteiger partial charge in [0, 0.05) is 13.0 Å². The van der Waals surface area contributed by atoms with Crippen LogP contribution in [0.3, 0.4) is 0 Å². The second kappa shape index (κ2) is 3.24. The molecule has 2 saturated heterocycles. The Morgan fingerprint density at radius 3 is 2.85 bits per heavy atom. The number of rotatable bonds is 1. The fraction of sp³-hybridized carbons (Fsp3) is 0.750. The molecule has 0 bridgehead atoms. The highest BCUT2D eigenvalue weighted by Crippen LogP contribution is 2.15. The van der Waals surface area contributed by atoms with Gasteiger partial charge in [0.05, 0.1) is 12.6 Å². The fourth-order valence-corrected chi connectivity index (χ4v) is 1.72. The minimum absolute atomic E-state index is 0.0730. The smallest absolute Gasteiger partial charge is 0.410 e. The minimum atomic E-state index is -0.249. The van der Waals surface area contributed by atoms with Crippen LogP contribution in [0, 0.1) is 0 Å². The lowest BCUT2D eigenvalue weighted by Crippen LogP contribution is -2.48. The molecule has 72 valence electrons. The van der Waals surface area contributed by atoms with Crippen molar-refractivity contribution in [1.29, 1.82) is 0 Å². The molecule has 13 heavy (non-hydrogen) atoms. The molecule has 2 aliphatic heterocycles. The molecular formula is C8H12N2O3. The molecule has 2 fully saturated rings. The average Bonchev–Trinajstić information content (AvgIpc) is 2.53. The van der Waals surface area contributed by atoms with Crippen molar-refractivity contribution in [2.75, 3.05) is 19.7 Å². The largest absolute Gasteiger partial charge is 0.448 e. The van der Waals surface area contributed by atoms with E-state index in [1.807, 2.05) is 0 Å². The zero-order valence-electron chi connectivity index (χ0n) is 7.28. The number of carbonyl (C=O) groups excluding carboxylic acids is 2. The van der Waals surface area contributed by atoms with E-state index in [0.29, 0.717) is 26.1 Å². The molecule has 0 aromatic rings. The van der Waals surface area contributed by atoms with Crippen LogP contribution in [0.25, 0.3) is 0 Å². The Bertz CT molecular complexity index is 232. The molecule has 0 aromatic carbocycles. The number of cyclic esters (lactones) is 1. The summed E-state index contributed by atoms with van der Waals surface area (Å²) in [6.45, 7) is 1.69. The number of piperidine rings is 1. The van der Waals surface area contributed by atoms with Gasteiger partial charge < -0.3 is 15.0 Å². The zero-order chi connectivity index (χ0) is 9.26. The highest BCUT2D eigenvalue weighted by atomic mass is 16.6. The van der Waals surface area contributed by atoms with Gasteiger partial charge in [0.2, 0.25) is 5.91 Å². The molecule has 0 saturated carbocycles. The monoisotopic (exact) mass is 184 g/mol. The van der Waals surface area contributed by atoms with Gasteiger partial charge in [0.15, 0.2) is 0 Å². The Labute approximate surface area is 76.0 Å². The first-order valence-electron chi connectivity index (χ1n) is 4.47. The lowest BCUT2D eigenvalue weighted by Gasteiger charge is -2.28. The van der Waals surface area contributed by atoms with Crippen molar-refractivity contribution >= 4 is 12.0 Å². The van der Waals surface area contributed by atoms with Crippen LogP contribution in [0.2, 0.25) is 0 Å². The van der Waals surface area contributed by atoms with E-state index in [-0.39, 0.29) is 18.0 Å². The molecular weight excluding hydrogens is 172 g/mol. The molecule has 5 heteroatoms. The summed E-state index contributed by atoms with van der Waals surface area (Å²) in [6.07, 6.45) is 1.01. The fourth-order valence-electron chi connectivity index (χ4n) is 1.72. The number of ether oxygens (including phenoxy) is 1. The third-order valence-corrected chi connectivity index (χ3v) is 2.47. The van der Waals surface area contributed by atoms with E-state index in [1.165, 1.54) is 0 Å². The Balaban J connectivity index is 1.93. The first-order chi connectivity index (χ1) is 6.27. The summed E-state index contributed by atoms with van der Waals surface area (Å²) in [4.78, 5) is 23.7. The number of carbonyl (C=O) groups is 2. The topological polar surface area (TPSA) is 58.6 Å². The Morgan fingerprint density at radius 2 is 2.31 bits per heavy atom. The second-order valence-electron chi connectivity index (χ2n) is 3.30. The summed E-state index contributed by atoms with van der Waals surface area (Å²) >= 11 is 0. The Hall–Kier alpha value is -1.26. The van der Waals surface area contributed by atoms with Crippen LogP contribution in [0.15, 0.2) is 0 Å². The molecule has 0 aliphatic carbocycles. The predicted octanol–water partition coefficient (Wildman–Crippen LogP) is -0.283. The predicted molar refractivity (Wildman–Crippen MR) is 44.1 cm³/mol. The van der Waals surface area contributed by atoms with Crippen LogP contribution >= 0.6 is 0 Å². The third kappa shape index (κ3) is 1.59. The highest BCUT2D eigenvalue weighted by Gasteiger charge is 2.31.